The molecule has 1 atom stereocenters. The zero-order valence-electron chi connectivity index (χ0n) is 19.0. The molecule has 1 unspecified atom stereocenters. The summed E-state index contributed by atoms with van der Waals surface area (Å²) in [5.41, 5.74) is 1.26. The van der Waals surface area contributed by atoms with Crippen molar-refractivity contribution in [1.29, 1.82) is 5.26 Å². The Kier molecular flexibility index (Phi) is 6.45. The van der Waals surface area contributed by atoms with Crippen LogP contribution < -0.4 is 0 Å². The Morgan fingerprint density at radius 1 is 0.970 bits per heavy atom. The maximum Gasteiger partial charge on any atom is 0.260 e. The van der Waals surface area contributed by atoms with E-state index in [0.29, 0.717) is 30.2 Å². The lowest BCUT2D eigenvalue weighted by Gasteiger charge is -2.37. The molecule has 0 spiro atoms. The first-order chi connectivity index (χ1) is 15.7. The monoisotopic (exact) mass is 471 g/mol. The molecule has 9 nitrogen and oxygen atoms in total. The maximum atomic E-state index is 13.0. The first-order valence-corrected chi connectivity index (χ1v) is 13.0. The van der Waals surface area contributed by atoms with Gasteiger partial charge in [0.15, 0.2) is 15.9 Å². The molecule has 0 saturated carbocycles. The van der Waals surface area contributed by atoms with Crippen LogP contribution >= 0.6 is 0 Å². The molecule has 2 amide bonds. The van der Waals surface area contributed by atoms with Crippen LogP contribution in [0.25, 0.3) is 10.9 Å². The molecule has 3 heterocycles. The van der Waals surface area contributed by atoms with Gasteiger partial charge in [-0.2, -0.15) is 5.26 Å². The average Bonchev–Trinajstić information content (AvgIpc) is 3.22. The smallest absolute Gasteiger partial charge is 0.260 e. The summed E-state index contributed by atoms with van der Waals surface area (Å²) < 4.78 is 24.9. The van der Waals surface area contributed by atoms with Gasteiger partial charge < -0.3 is 14.4 Å². The number of sulfone groups is 1. The van der Waals surface area contributed by atoms with Gasteiger partial charge in [-0.05, 0) is 38.1 Å². The predicted molar refractivity (Wildman–Crippen MR) is 124 cm³/mol. The zero-order valence-corrected chi connectivity index (χ0v) is 19.8. The third kappa shape index (κ3) is 4.75. The Balaban J connectivity index is 1.51. The van der Waals surface area contributed by atoms with Crippen LogP contribution in [0.2, 0.25) is 0 Å². The topological polar surface area (TPSA) is 107 Å². The molecule has 1 aromatic carbocycles. The van der Waals surface area contributed by atoms with E-state index < -0.39 is 21.8 Å². The van der Waals surface area contributed by atoms with Crippen LogP contribution in [0.1, 0.15) is 30.2 Å². The van der Waals surface area contributed by atoms with Crippen molar-refractivity contribution in [2.24, 2.45) is 0 Å². The van der Waals surface area contributed by atoms with Gasteiger partial charge in [0.05, 0.1) is 17.6 Å². The Bertz CT molecular complexity index is 1190. The van der Waals surface area contributed by atoms with Crippen molar-refractivity contribution in [3.8, 4) is 6.07 Å². The van der Waals surface area contributed by atoms with Crippen molar-refractivity contribution in [2.75, 3.05) is 50.8 Å². The van der Waals surface area contributed by atoms with Crippen LogP contribution in [-0.4, -0.2) is 96.3 Å². The number of carbonyl (C=O) groups excluding carboxylic acids is 2. The number of aromatic nitrogens is 1. The van der Waals surface area contributed by atoms with E-state index in [1.807, 2.05) is 4.90 Å². The summed E-state index contributed by atoms with van der Waals surface area (Å²) in [5.74, 6) is -0.593. The highest BCUT2D eigenvalue weighted by Gasteiger charge is 2.31. The van der Waals surface area contributed by atoms with Crippen molar-refractivity contribution in [3.63, 3.8) is 0 Å². The minimum Gasteiger partial charge on any atom is -0.338 e. The summed E-state index contributed by atoms with van der Waals surface area (Å²) >= 11 is 0. The summed E-state index contributed by atoms with van der Waals surface area (Å²) in [6, 6.07) is 8.53. The quantitative estimate of drug-likeness (QED) is 0.662. The fourth-order valence-electron chi connectivity index (χ4n) is 4.49. The van der Waals surface area contributed by atoms with Gasteiger partial charge in [0.1, 0.15) is 0 Å². The molecule has 0 bridgehead atoms. The molecule has 0 N–H and O–H groups in total. The minimum absolute atomic E-state index is 0.0181. The van der Waals surface area contributed by atoms with E-state index in [2.05, 4.69) is 24.8 Å². The summed E-state index contributed by atoms with van der Waals surface area (Å²) in [7, 11) is -3.12. The number of hydrogen-bond donors (Lipinski definition) is 0. The van der Waals surface area contributed by atoms with Crippen molar-refractivity contribution in [2.45, 2.75) is 25.9 Å². The number of hydrogen-bond acceptors (Lipinski definition) is 6. The largest absolute Gasteiger partial charge is 0.338 e. The van der Waals surface area contributed by atoms with E-state index in [9.17, 15) is 23.3 Å². The Labute approximate surface area is 194 Å². The van der Waals surface area contributed by atoms with Gasteiger partial charge in [0.2, 0.25) is 0 Å². The number of fused-ring (bicyclic) bond motifs is 1. The zero-order chi connectivity index (χ0) is 23.8. The van der Waals surface area contributed by atoms with Crippen LogP contribution in [-0.2, 0) is 14.6 Å². The van der Waals surface area contributed by atoms with Crippen LogP contribution in [0, 0.1) is 11.3 Å². The van der Waals surface area contributed by atoms with E-state index in [1.165, 1.54) is 4.90 Å². The Hall–Kier alpha value is -2.90. The van der Waals surface area contributed by atoms with Gasteiger partial charge in [-0.3, -0.25) is 14.5 Å². The maximum absolute atomic E-state index is 13.0. The number of rotatable bonds is 4. The summed E-state index contributed by atoms with van der Waals surface area (Å²) in [5, 5.41) is 10.5. The lowest BCUT2D eigenvalue weighted by Crippen LogP contribution is -2.50. The second-order valence-electron chi connectivity index (χ2n) is 8.93. The van der Waals surface area contributed by atoms with Gasteiger partial charge in [0, 0.05) is 68.0 Å². The minimum atomic E-state index is -3.12. The Morgan fingerprint density at radius 2 is 1.64 bits per heavy atom. The lowest BCUT2D eigenvalue weighted by atomic mass is 10.1. The van der Waals surface area contributed by atoms with E-state index in [0.717, 1.165) is 18.5 Å². The van der Waals surface area contributed by atoms with Crippen molar-refractivity contribution in [3.05, 3.63) is 36.0 Å². The van der Waals surface area contributed by atoms with E-state index in [-0.39, 0.29) is 30.5 Å². The SMILES string of the molecule is CC(C)N1CCN(C(=O)c2ccc3c(ccn3C(C#N)C(=O)N3CCS(=O)(=O)CC3)c2)CC1. The molecule has 10 heteroatoms. The number of nitrogens with zero attached hydrogens (tertiary/aromatic N) is 5. The van der Waals surface area contributed by atoms with Gasteiger partial charge in [-0.25, -0.2) is 8.42 Å². The molecule has 33 heavy (non-hydrogen) atoms. The molecule has 1 aromatic heterocycles. The first-order valence-electron chi connectivity index (χ1n) is 11.2. The third-order valence-electron chi connectivity index (χ3n) is 6.59. The molecule has 4 rings (SSSR count). The second kappa shape index (κ2) is 9.15. The number of nitriles is 1. The molecule has 0 radical (unpaired) electrons. The Morgan fingerprint density at radius 3 is 2.24 bits per heavy atom. The molecule has 2 saturated heterocycles. The normalized spacial score (nSPS) is 20.1. The van der Waals surface area contributed by atoms with Gasteiger partial charge in [-0.1, -0.05) is 0 Å². The van der Waals surface area contributed by atoms with Crippen molar-refractivity contribution in [1.82, 2.24) is 19.3 Å². The molecule has 2 aromatic rings. The van der Waals surface area contributed by atoms with Gasteiger partial charge in [0.25, 0.3) is 11.8 Å². The highest BCUT2D eigenvalue weighted by Crippen LogP contribution is 2.24. The average molecular weight is 472 g/mol. The first kappa shape index (κ1) is 23.3. The van der Waals surface area contributed by atoms with E-state index in [1.54, 1.807) is 35.0 Å². The number of amides is 2. The molecule has 2 aliphatic rings. The van der Waals surface area contributed by atoms with Crippen LogP contribution in [0.5, 0.6) is 0 Å². The number of carbonyl (C=O) groups is 2. The second-order valence-corrected chi connectivity index (χ2v) is 11.2. The summed E-state index contributed by atoms with van der Waals surface area (Å²) in [6.07, 6.45) is 1.67. The fraction of sp³-hybridized carbons (Fsp3) is 0.522. The molecular weight excluding hydrogens is 442 g/mol. The van der Waals surface area contributed by atoms with Crippen LogP contribution in [0.15, 0.2) is 30.5 Å². The summed E-state index contributed by atoms with van der Waals surface area (Å²) in [4.78, 5) is 31.6. The molecule has 0 aliphatic carbocycles. The number of benzene rings is 1. The highest BCUT2D eigenvalue weighted by molar-refractivity contribution is 7.91. The van der Waals surface area contributed by atoms with E-state index in [4.69, 9.17) is 0 Å². The summed E-state index contributed by atoms with van der Waals surface area (Å²) in [6.45, 7) is 7.59. The van der Waals surface area contributed by atoms with E-state index >= 15 is 0 Å². The number of piperazine rings is 1. The van der Waals surface area contributed by atoms with Crippen molar-refractivity contribution < 1.29 is 18.0 Å². The van der Waals surface area contributed by atoms with Gasteiger partial charge >= 0.3 is 0 Å². The molecule has 176 valence electrons. The lowest BCUT2D eigenvalue weighted by molar-refractivity contribution is -0.132. The highest BCUT2D eigenvalue weighted by atomic mass is 32.2. The molecule has 2 fully saturated rings. The third-order valence-corrected chi connectivity index (χ3v) is 8.20. The molecular formula is C23H29N5O4S. The van der Waals surface area contributed by atoms with Crippen molar-refractivity contribution >= 4 is 32.6 Å². The molecule has 2 aliphatic heterocycles. The predicted octanol–water partition coefficient (Wildman–Crippen LogP) is 1.13. The van der Waals surface area contributed by atoms with Crippen LogP contribution in [0.4, 0.5) is 0 Å². The standard InChI is InChI=1S/C23H29N5O4S/c1-17(2)25-7-9-26(10-8-25)22(29)19-3-4-20-18(15-19)5-6-28(20)21(16-24)23(30)27-11-13-33(31,32)14-12-27/h3-6,15,17,21H,7-14H2,1-2H3. The van der Waals surface area contributed by atoms with Gasteiger partial charge in [-0.15, -0.1) is 0 Å². The van der Waals surface area contributed by atoms with Crippen LogP contribution in [0.3, 0.4) is 0 Å². The fourth-order valence-corrected chi connectivity index (χ4v) is 5.69.